The van der Waals surface area contributed by atoms with E-state index in [1.54, 1.807) is 7.05 Å². The van der Waals surface area contributed by atoms with E-state index in [4.69, 9.17) is 10.9 Å². The van der Waals surface area contributed by atoms with Gasteiger partial charge in [-0.15, -0.1) is 0 Å². The summed E-state index contributed by atoms with van der Waals surface area (Å²) >= 11 is 0. The van der Waals surface area contributed by atoms with Gasteiger partial charge in [-0.3, -0.25) is 4.79 Å². The van der Waals surface area contributed by atoms with Gasteiger partial charge in [0.2, 0.25) is 5.91 Å². The average Bonchev–Trinajstić information content (AvgIpc) is 2.13. The van der Waals surface area contributed by atoms with Gasteiger partial charge in [0.05, 0.1) is 6.54 Å². The molecule has 5 nitrogen and oxygen atoms in total. The van der Waals surface area contributed by atoms with Crippen molar-refractivity contribution in [1.29, 1.82) is 0 Å². The molecule has 14 heavy (non-hydrogen) atoms. The second-order valence-electron chi connectivity index (χ2n) is 3.77. The first-order chi connectivity index (χ1) is 6.47. The zero-order valence-electron chi connectivity index (χ0n) is 9.03. The van der Waals surface area contributed by atoms with E-state index in [0.29, 0.717) is 12.3 Å². The summed E-state index contributed by atoms with van der Waals surface area (Å²) in [7, 11) is 1.64. The minimum Gasteiger partial charge on any atom is -0.409 e. The van der Waals surface area contributed by atoms with Crippen LogP contribution in [0.2, 0.25) is 0 Å². The van der Waals surface area contributed by atoms with Crippen LogP contribution in [0.3, 0.4) is 0 Å². The van der Waals surface area contributed by atoms with Gasteiger partial charge >= 0.3 is 0 Å². The summed E-state index contributed by atoms with van der Waals surface area (Å²) < 4.78 is 0. The molecule has 0 radical (unpaired) electrons. The van der Waals surface area contributed by atoms with Gasteiger partial charge in [-0.1, -0.05) is 19.0 Å². The largest absolute Gasteiger partial charge is 0.409 e. The molecule has 0 unspecified atom stereocenters. The Hall–Kier alpha value is -1.26. The van der Waals surface area contributed by atoms with Crippen LogP contribution in [0, 0.1) is 5.92 Å². The molecule has 82 valence electrons. The van der Waals surface area contributed by atoms with Gasteiger partial charge in [-0.2, -0.15) is 0 Å². The summed E-state index contributed by atoms with van der Waals surface area (Å²) in [5, 5.41) is 11.1. The molecule has 0 aromatic rings. The molecule has 0 aromatic heterocycles. The third-order valence-corrected chi connectivity index (χ3v) is 1.89. The molecule has 0 rings (SSSR count). The fraction of sp³-hybridized carbons (Fsp3) is 0.778. The van der Waals surface area contributed by atoms with Crippen LogP contribution in [-0.2, 0) is 4.79 Å². The highest BCUT2D eigenvalue weighted by Gasteiger charge is 2.10. The maximum atomic E-state index is 11.4. The normalized spacial score (nSPS) is 11.9. The van der Waals surface area contributed by atoms with E-state index >= 15 is 0 Å². The van der Waals surface area contributed by atoms with Gasteiger partial charge < -0.3 is 15.8 Å². The van der Waals surface area contributed by atoms with Crippen molar-refractivity contribution in [3.63, 3.8) is 0 Å². The number of likely N-dealkylation sites (N-methyl/N-ethyl adjacent to an activating group) is 1. The number of nitrogens with zero attached hydrogens (tertiary/aromatic N) is 2. The molecule has 0 aromatic carbocycles. The van der Waals surface area contributed by atoms with E-state index in [0.717, 1.165) is 6.42 Å². The Labute approximate surface area is 84.6 Å². The first-order valence-corrected chi connectivity index (χ1v) is 4.67. The molecule has 5 heteroatoms. The minimum atomic E-state index is 0.0188. The van der Waals surface area contributed by atoms with Crippen molar-refractivity contribution in [2.75, 3.05) is 13.6 Å². The molecule has 1 amide bonds. The lowest BCUT2D eigenvalue weighted by molar-refractivity contribution is -0.129. The molecule has 0 aliphatic rings. The van der Waals surface area contributed by atoms with Crippen LogP contribution in [0.4, 0.5) is 0 Å². The van der Waals surface area contributed by atoms with Gasteiger partial charge in [0.25, 0.3) is 0 Å². The number of hydrogen-bond acceptors (Lipinski definition) is 3. The Balaban J connectivity index is 3.88. The monoisotopic (exact) mass is 201 g/mol. The fourth-order valence-electron chi connectivity index (χ4n) is 0.966. The highest BCUT2D eigenvalue weighted by atomic mass is 16.4. The molecule has 0 saturated heterocycles. The lowest BCUT2D eigenvalue weighted by Crippen LogP contribution is -2.35. The second-order valence-corrected chi connectivity index (χ2v) is 3.77. The van der Waals surface area contributed by atoms with Crippen LogP contribution < -0.4 is 5.73 Å². The van der Waals surface area contributed by atoms with Crippen molar-refractivity contribution in [3.05, 3.63) is 0 Å². The minimum absolute atomic E-state index is 0.0188. The van der Waals surface area contributed by atoms with Crippen LogP contribution in [0.15, 0.2) is 5.16 Å². The van der Waals surface area contributed by atoms with Crippen molar-refractivity contribution in [2.45, 2.75) is 26.7 Å². The number of nitrogens with two attached hydrogens (primary N) is 1. The highest BCUT2D eigenvalue weighted by molar-refractivity contribution is 5.86. The smallest absolute Gasteiger partial charge is 0.222 e. The lowest BCUT2D eigenvalue weighted by atomic mass is 10.1. The molecule has 0 heterocycles. The maximum Gasteiger partial charge on any atom is 0.222 e. The summed E-state index contributed by atoms with van der Waals surface area (Å²) in [6, 6.07) is 0. The average molecular weight is 201 g/mol. The molecule has 0 saturated carbocycles. The van der Waals surface area contributed by atoms with E-state index in [2.05, 4.69) is 19.0 Å². The number of amides is 1. The number of hydrogen-bond donors (Lipinski definition) is 2. The second kappa shape index (κ2) is 6.23. The van der Waals surface area contributed by atoms with Crippen molar-refractivity contribution in [3.8, 4) is 0 Å². The number of amidine groups is 1. The molecule has 0 fully saturated rings. The molecular formula is C9H19N3O2. The van der Waals surface area contributed by atoms with Crippen LogP contribution in [-0.4, -0.2) is 35.4 Å². The predicted molar refractivity (Wildman–Crippen MR) is 55.1 cm³/mol. The summed E-state index contributed by atoms with van der Waals surface area (Å²) in [6.07, 6.45) is 1.37. The quantitative estimate of drug-likeness (QED) is 0.296. The number of carbonyl (C=O) groups is 1. The summed E-state index contributed by atoms with van der Waals surface area (Å²) in [6.45, 7) is 4.31. The van der Waals surface area contributed by atoms with Crippen molar-refractivity contribution in [1.82, 2.24) is 4.90 Å². The van der Waals surface area contributed by atoms with Crippen LogP contribution in [0.5, 0.6) is 0 Å². The van der Waals surface area contributed by atoms with Crippen molar-refractivity contribution < 1.29 is 10.0 Å². The Morgan fingerprint density at radius 3 is 2.57 bits per heavy atom. The summed E-state index contributed by atoms with van der Waals surface area (Å²) in [4.78, 5) is 12.9. The van der Waals surface area contributed by atoms with E-state index in [1.807, 2.05) is 0 Å². The van der Waals surface area contributed by atoms with Gasteiger partial charge in [-0.05, 0) is 12.3 Å². The molecule has 0 aliphatic heterocycles. The van der Waals surface area contributed by atoms with Gasteiger partial charge in [-0.25, -0.2) is 0 Å². The first kappa shape index (κ1) is 12.7. The topological polar surface area (TPSA) is 78.9 Å². The molecule has 3 N–H and O–H groups in total. The molecule has 0 spiro atoms. The maximum absolute atomic E-state index is 11.4. The van der Waals surface area contributed by atoms with Gasteiger partial charge in [0.15, 0.2) is 5.84 Å². The zero-order valence-corrected chi connectivity index (χ0v) is 9.03. The lowest BCUT2D eigenvalue weighted by Gasteiger charge is -2.16. The Kier molecular flexibility index (Phi) is 5.67. The van der Waals surface area contributed by atoms with Crippen LogP contribution >= 0.6 is 0 Å². The zero-order chi connectivity index (χ0) is 11.1. The van der Waals surface area contributed by atoms with Crippen molar-refractivity contribution in [2.24, 2.45) is 16.8 Å². The van der Waals surface area contributed by atoms with Crippen LogP contribution in [0.1, 0.15) is 26.7 Å². The molecule has 0 bridgehead atoms. The summed E-state index contributed by atoms with van der Waals surface area (Å²) in [5.74, 6) is 0.576. The number of rotatable bonds is 5. The van der Waals surface area contributed by atoms with Crippen molar-refractivity contribution >= 4 is 11.7 Å². The Morgan fingerprint density at radius 2 is 2.14 bits per heavy atom. The number of oxime groups is 1. The molecule has 0 aliphatic carbocycles. The van der Waals surface area contributed by atoms with E-state index in [1.165, 1.54) is 4.90 Å². The standard InChI is InChI=1S/C9H19N3O2/c1-7(2)4-5-9(13)12(3)6-8(10)11-14/h7,14H,4-6H2,1-3H3,(H2,10,11). The van der Waals surface area contributed by atoms with Crippen LogP contribution in [0.25, 0.3) is 0 Å². The Morgan fingerprint density at radius 1 is 1.57 bits per heavy atom. The summed E-state index contributed by atoms with van der Waals surface area (Å²) in [5.41, 5.74) is 5.27. The molecule has 0 atom stereocenters. The Bertz CT molecular complexity index is 214. The van der Waals surface area contributed by atoms with E-state index in [-0.39, 0.29) is 18.3 Å². The number of carbonyl (C=O) groups excluding carboxylic acids is 1. The highest BCUT2D eigenvalue weighted by Crippen LogP contribution is 2.05. The SMILES string of the molecule is CC(C)CCC(=O)N(C)CC(N)=NO. The van der Waals surface area contributed by atoms with E-state index < -0.39 is 0 Å². The predicted octanol–water partition coefficient (Wildman–Crippen LogP) is 0.627. The third kappa shape index (κ3) is 5.40. The fourth-order valence-corrected chi connectivity index (χ4v) is 0.966. The first-order valence-electron chi connectivity index (χ1n) is 4.67. The molecular weight excluding hydrogens is 182 g/mol. The third-order valence-electron chi connectivity index (χ3n) is 1.89. The van der Waals surface area contributed by atoms with Gasteiger partial charge in [0.1, 0.15) is 0 Å². The van der Waals surface area contributed by atoms with E-state index in [9.17, 15) is 4.79 Å². The van der Waals surface area contributed by atoms with Gasteiger partial charge in [0, 0.05) is 13.5 Å².